The van der Waals surface area contributed by atoms with Crippen molar-refractivity contribution >= 4 is 5.57 Å². The van der Waals surface area contributed by atoms with Crippen LogP contribution in [0.5, 0.6) is 0 Å². The minimum Gasteiger partial charge on any atom is -0.0991 e. The fraction of sp³-hybridized carbons (Fsp3) is 0.217. The van der Waals surface area contributed by atoms with Crippen molar-refractivity contribution in [2.75, 3.05) is 0 Å². The Kier molecular flexibility index (Phi) is 7.13. The van der Waals surface area contributed by atoms with Crippen molar-refractivity contribution in [2.45, 2.75) is 32.6 Å². The van der Waals surface area contributed by atoms with Crippen LogP contribution in [0.2, 0.25) is 0 Å². The van der Waals surface area contributed by atoms with E-state index in [0.29, 0.717) is 0 Å². The average molecular weight is 302 g/mol. The predicted molar refractivity (Wildman–Crippen MR) is 103 cm³/mol. The molecule has 0 N–H and O–H groups in total. The maximum Gasteiger partial charge on any atom is -0.0227 e. The van der Waals surface area contributed by atoms with E-state index in [-0.39, 0.29) is 0 Å². The highest BCUT2D eigenvalue weighted by atomic mass is 14.0. The van der Waals surface area contributed by atoms with Gasteiger partial charge in [-0.25, -0.2) is 0 Å². The van der Waals surface area contributed by atoms with Gasteiger partial charge in [-0.15, -0.1) is 0 Å². The van der Waals surface area contributed by atoms with Crippen LogP contribution in [0, 0.1) is 0 Å². The Morgan fingerprint density at radius 3 is 2.04 bits per heavy atom. The number of aryl methyl sites for hydroxylation is 2. The van der Waals surface area contributed by atoms with Crippen molar-refractivity contribution in [3.05, 3.63) is 102 Å². The van der Waals surface area contributed by atoms with E-state index in [1.54, 1.807) is 6.08 Å². The first-order valence-electron chi connectivity index (χ1n) is 8.39. The van der Waals surface area contributed by atoms with Gasteiger partial charge in [-0.3, -0.25) is 0 Å². The van der Waals surface area contributed by atoms with Gasteiger partial charge in [-0.2, -0.15) is 0 Å². The fourth-order valence-corrected chi connectivity index (χ4v) is 2.61. The molecule has 0 unspecified atom stereocenters. The molecule has 0 aliphatic carbocycles. The lowest BCUT2D eigenvalue weighted by Crippen LogP contribution is -1.90. The summed E-state index contributed by atoms with van der Waals surface area (Å²) >= 11 is 0. The number of unbranched alkanes of at least 4 members (excludes halogenated alkanes) is 1. The molecule has 0 bridgehead atoms. The topological polar surface area (TPSA) is 0 Å². The Morgan fingerprint density at radius 1 is 0.826 bits per heavy atom. The summed E-state index contributed by atoms with van der Waals surface area (Å²) in [6.07, 6.45) is 12.7. The second-order valence-corrected chi connectivity index (χ2v) is 5.86. The molecule has 0 radical (unpaired) electrons. The van der Waals surface area contributed by atoms with E-state index >= 15 is 0 Å². The summed E-state index contributed by atoms with van der Waals surface area (Å²) in [6.45, 7) is 5.82. The molecule has 118 valence electrons. The smallest absolute Gasteiger partial charge is 0.0227 e. The van der Waals surface area contributed by atoms with E-state index in [1.165, 1.54) is 41.5 Å². The van der Waals surface area contributed by atoms with Crippen LogP contribution in [0.15, 0.2) is 85.5 Å². The summed E-state index contributed by atoms with van der Waals surface area (Å²) in [5.74, 6) is 0. The zero-order chi connectivity index (χ0) is 16.3. The van der Waals surface area contributed by atoms with Gasteiger partial charge in [0.15, 0.2) is 0 Å². The van der Waals surface area contributed by atoms with Crippen LogP contribution in [0.3, 0.4) is 0 Å². The molecule has 0 aliphatic heterocycles. The van der Waals surface area contributed by atoms with Gasteiger partial charge in [0.25, 0.3) is 0 Å². The summed E-state index contributed by atoms with van der Waals surface area (Å²) in [4.78, 5) is 0. The molecule has 0 atom stereocenters. The zero-order valence-corrected chi connectivity index (χ0v) is 14.0. The van der Waals surface area contributed by atoms with Gasteiger partial charge in [0.1, 0.15) is 0 Å². The van der Waals surface area contributed by atoms with Gasteiger partial charge in [-0.1, -0.05) is 85.5 Å². The summed E-state index contributed by atoms with van der Waals surface area (Å²) in [5.41, 5.74) is 5.43. The second kappa shape index (κ2) is 9.63. The van der Waals surface area contributed by atoms with Crippen LogP contribution in [0.4, 0.5) is 0 Å². The summed E-state index contributed by atoms with van der Waals surface area (Å²) < 4.78 is 0. The summed E-state index contributed by atoms with van der Waals surface area (Å²) in [6, 6.07) is 19.7. The monoisotopic (exact) mass is 302 g/mol. The Bertz CT molecular complexity index is 642. The maximum absolute atomic E-state index is 3.68. The van der Waals surface area contributed by atoms with Crippen LogP contribution in [-0.4, -0.2) is 0 Å². The highest BCUT2D eigenvalue weighted by Crippen LogP contribution is 2.16. The van der Waals surface area contributed by atoms with Crippen molar-refractivity contribution < 1.29 is 0 Å². The Labute approximate surface area is 140 Å². The van der Waals surface area contributed by atoms with Gasteiger partial charge in [0, 0.05) is 0 Å². The summed E-state index contributed by atoms with van der Waals surface area (Å²) in [5, 5.41) is 0. The molecule has 0 spiro atoms. The molecule has 0 saturated heterocycles. The third-order valence-electron chi connectivity index (χ3n) is 4.03. The molecule has 0 aliphatic rings. The van der Waals surface area contributed by atoms with E-state index in [1.807, 2.05) is 12.2 Å². The quantitative estimate of drug-likeness (QED) is 0.391. The molecule has 2 aromatic rings. The lowest BCUT2D eigenvalue weighted by atomic mass is 10.0. The molecule has 0 nitrogen and oxygen atoms in total. The van der Waals surface area contributed by atoms with E-state index in [4.69, 9.17) is 0 Å². The van der Waals surface area contributed by atoms with Gasteiger partial charge >= 0.3 is 0 Å². The lowest BCUT2D eigenvalue weighted by molar-refractivity contribution is 0.734. The SMILES string of the molecule is C=C/C=C\C=C(/C)c1ccc(CCCCc2ccccc2)cc1. The van der Waals surface area contributed by atoms with Crippen molar-refractivity contribution in [1.82, 2.24) is 0 Å². The van der Waals surface area contributed by atoms with Crippen LogP contribution in [-0.2, 0) is 12.8 Å². The molecule has 2 aromatic carbocycles. The Balaban J connectivity index is 1.79. The number of allylic oxidation sites excluding steroid dienone is 5. The highest BCUT2D eigenvalue weighted by Gasteiger charge is 1.98. The maximum atomic E-state index is 3.68. The van der Waals surface area contributed by atoms with E-state index in [9.17, 15) is 0 Å². The van der Waals surface area contributed by atoms with Crippen LogP contribution in [0.25, 0.3) is 5.57 Å². The molecule has 0 heterocycles. The first-order chi connectivity index (χ1) is 11.3. The Hall–Kier alpha value is -2.34. The molecular weight excluding hydrogens is 276 g/mol. The van der Waals surface area contributed by atoms with E-state index in [2.05, 4.69) is 74.2 Å². The predicted octanol–water partition coefficient (Wildman–Crippen LogP) is 6.40. The first-order valence-corrected chi connectivity index (χ1v) is 8.39. The van der Waals surface area contributed by atoms with Crippen molar-refractivity contribution in [1.29, 1.82) is 0 Å². The molecular formula is C23H26. The van der Waals surface area contributed by atoms with Crippen LogP contribution >= 0.6 is 0 Å². The average Bonchev–Trinajstić information content (AvgIpc) is 2.60. The van der Waals surface area contributed by atoms with Gasteiger partial charge in [-0.05, 0) is 54.9 Å². The van der Waals surface area contributed by atoms with E-state index in [0.717, 1.165) is 6.42 Å². The van der Waals surface area contributed by atoms with Crippen molar-refractivity contribution in [2.24, 2.45) is 0 Å². The molecule has 0 fully saturated rings. The van der Waals surface area contributed by atoms with Crippen molar-refractivity contribution in [3.63, 3.8) is 0 Å². The minimum atomic E-state index is 1.16. The van der Waals surface area contributed by atoms with Gasteiger partial charge in [0.05, 0.1) is 0 Å². The molecule has 0 saturated carbocycles. The van der Waals surface area contributed by atoms with Gasteiger partial charge < -0.3 is 0 Å². The lowest BCUT2D eigenvalue weighted by Gasteiger charge is -2.05. The highest BCUT2D eigenvalue weighted by molar-refractivity contribution is 5.65. The van der Waals surface area contributed by atoms with Crippen LogP contribution in [0.1, 0.15) is 36.5 Å². The summed E-state index contributed by atoms with van der Waals surface area (Å²) in [7, 11) is 0. The Morgan fingerprint density at radius 2 is 1.43 bits per heavy atom. The standard InChI is InChI=1S/C23H26/c1-3-4-6-11-20(2)23-18-16-22(17-19-23)15-10-9-14-21-12-7-5-8-13-21/h3-8,11-13,16-19H,1,9-10,14-15H2,2H3/b6-4-,20-11+. The van der Waals surface area contributed by atoms with Crippen LogP contribution < -0.4 is 0 Å². The zero-order valence-electron chi connectivity index (χ0n) is 14.0. The molecule has 2 rings (SSSR count). The molecule has 23 heavy (non-hydrogen) atoms. The first kappa shape index (κ1) is 17.0. The number of rotatable bonds is 8. The minimum absolute atomic E-state index is 1.16. The number of hydrogen-bond donors (Lipinski definition) is 0. The second-order valence-electron chi connectivity index (χ2n) is 5.86. The van der Waals surface area contributed by atoms with E-state index < -0.39 is 0 Å². The van der Waals surface area contributed by atoms with Crippen molar-refractivity contribution in [3.8, 4) is 0 Å². The number of hydrogen-bond acceptors (Lipinski definition) is 0. The molecule has 0 heteroatoms. The van der Waals surface area contributed by atoms with Gasteiger partial charge in [0.2, 0.25) is 0 Å². The molecule has 0 aromatic heterocycles. The largest absolute Gasteiger partial charge is 0.0991 e. The number of benzene rings is 2. The normalized spacial score (nSPS) is 11.8. The molecule has 0 amide bonds. The third-order valence-corrected chi connectivity index (χ3v) is 4.03. The fourth-order valence-electron chi connectivity index (χ4n) is 2.61. The third kappa shape index (κ3) is 6.12.